The van der Waals surface area contributed by atoms with Crippen LogP contribution in [0.4, 0.5) is 5.82 Å². The predicted molar refractivity (Wildman–Crippen MR) is 129 cm³/mol. The van der Waals surface area contributed by atoms with Crippen molar-refractivity contribution in [2.24, 2.45) is 0 Å². The van der Waals surface area contributed by atoms with Gasteiger partial charge in [0.2, 0.25) is 5.75 Å². The van der Waals surface area contributed by atoms with Gasteiger partial charge in [0.1, 0.15) is 0 Å². The highest BCUT2D eigenvalue weighted by Crippen LogP contribution is 2.38. The van der Waals surface area contributed by atoms with Crippen molar-refractivity contribution in [2.75, 3.05) is 26.6 Å². The summed E-state index contributed by atoms with van der Waals surface area (Å²) in [4.78, 5) is 9.17. The van der Waals surface area contributed by atoms with Crippen LogP contribution in [0.3, 0.4) is 0 Å². The molecule has 3 aromatic carbocycles. The van der Waals surface area contributed by atoms with Gasteiger partial charge in [0.15, 0.2) is 23.0 Å². The molecule has 7 heteroatoms. The maximum Gasteiger partial charge on any atom is 0.203 e. The van der Waals surface area contributed by atoms with Crippen molar-refractivity contribution >= 4 is 22.2 Å². The number of hydrogen-bond acceptors (Lipinski definition) is 6. The fourth-order valence-electron chi connectivity index (χ4n) is 4.03. The quantitative estimate of drug-likeness (QED) is 0.376. The molecule has 33 heavy (non-hydrogen) atoms. The molecule has 0 aliphatic rings. The van der Waals surface area contributed by atoms with Crippen molar-refractivity contribution in [1.82, 2.24) is 14.4 Å². The van der Waals surface area contributed by atoms with Crippen LogP contribution in [0, 0.1) is 0 Å². The van der Waals surface area contributed by atoms with E-state index in [2.05, 4.69) is 56.1 Å². The first-order valence-corrected chi connectivity index (χ1v) is 10.6. The summed E-state index contributed by atoms with van der Waals surface area (Å²) < 4.78 is 18.4. The molecule has 0 saturated heterocycles. The second kappa shape index (κ2) is 8.70. The van der Waals surface area contributed by atoms with Crippen molar-refractivity contribution in [3.8, 4) is 28.5 Å². The summed E-state index contributed by atoms with van der Waals surface area (Å²) >= 11 is 0. The SMILES string of the molecule is COc1cc(CNc2nccn3c(-c4ccc5ccccc5c4)cnc23)cc(OC)c1OC. The maximum absolute atomic E-state index is 5.46. The highest BCUT2D eigenvalue weighted by molar-refractivity contribution is 5.87. The average Bonchev–Trinajstić information content (AvgIpc) is 3.31. The van der Waals surface area contributed by atoms with Gasteiger partial charge in [-0.25, -0.2) is 9.97 Å². The van der Waals surface area contributed by atoms with Crippen LogP contribution in [0.1, 0.15) is 5.56 Å². The predicted octanol–water partition coefficient (Wildman–Crippen LogP) is 5.19. The number of benzene rings is 3. The summed E-state index contributed by atoms with van der Waals surface area (Å²) in [7, 11) is 4.81. The lowest BCUT2D eigenvalue weighted by atomic mass is 10.1. The summed E-state index contributed by atoms with van der Waals surface area (Å²) in [6.07, 6.45) is 5.58. The van der Waals surface area contributed by atoms with Gasteiger partial charge in [-0.1, -0.05) is 36.4 Å². The number of ether oxygens (including phenoxy) is 3. The monoisotopic (exact) mass is 440 g/mol. The summed E-state index contributed by atoms with van der Waals surface area (Å²) in [5.74, 6) is 2.48. The molecular formula is C26H24N4O3. The minimum Gasteiger partial charge on any atom is -0.493 e. The van der Waals surface area contributed by atoms with Crippen molar-refractivity contribution in [3.63, 3.8) is 0 Å². The zero-order valence-corrected chi connectivity index (χ0v) is 18.7. The maximum atomic E-state index is 5.46. The standard InChI is InChI=1S/C26H24N4O3/c1-31-22-12-17(13-23(32-2)24(22)33-3)15-28-25-26-29-16-21(30(26)11-10-27-25)20-9-8-18-6-4-5-7-19(18)14-20/h4-14,16H,15H2,1-3H3,(H,27,28). The van der Waals surface area contributed by atoms with Crippen LogP contribution >= 0.6 is 0 Å². The first kappa shape index (κ1) is 20.6. The first-order chi connectivity index (χ1) is 16.2. The molecule has 0 fully saturated rings. The third-order valence-corrected chi connectivity index (χ3v) is 5.66. The van der Waals surface area contributed by atoms with E-state index in [1.807, 2.05) is 30.6 Å². The van der Waals surface area contributed by atoms with Gasteiger partial charge in [0.25, 0.3) is 0 Å². The molecule has 0 spiro atoms. The molecule has 0 saturated carbocycles. The molecule has 0 atom stereocenters. The summed E-state index contributed by atoms with van der Waals surface area (Å²) in [6.45, 7) is 0.515. The topological polar surface area (TPSA) is 69.9 Å². The minimum absolute atomic E-state index is 0.515. The average molecular weight is 441 g/mol. The zero-order chi connectivity index (χ0) is 22.8. The van der Waals surface area contributed by atoms with E-state index in [4.69, 9.17) is 14.2 Å². The van der Waals surface area contributed by atoms with Crippen LogP contribution < -0.4 is 19.5 Å². The number of aromatic nitrogens is 3. The van der Waals surface area contributed by atoms with E-state index in [1.165, 1.54) is 10.8 Å². The number of hydrogen-bond donors (Lipinski definition) is 1. The minimum atomic E-state index is 0.515. The Bertz CT molecular complexity index is 1420. The number of nitrogens with zero attached hydrogens (tertiary/aromatic N) is 3. The Morgan fingerprint density at radius 2 is 1.61 bits per heavy atom. The van der Waals surface area contributed by atoms with E-state index in [0.29, 0.717) is 29.6 Å². The van der Waals surface area contributed by atoms with Gasteiger partial charge in [-0.3, -0.25) is 4.40 Å². The smallest absolute Gasteiger partial charge is 0.203 e. The molecule has 0 aliphatic heterocycles. The van der Waals surface area contributed by atoms with E-state index in [-0.39, 0.29) is 0 Å². The highest BCUT2D eigenvalue weighted by atomic mass is 16.5. The third kappa shape index (κ3) is 3.78. The van der Waals surface area contributed by atoms with E-state index >= 15 is 0 Å². The van der Waals surface area contributed by atoms with E-state index in [1.54, 1.807) is 27.5 Å². The molecule has 0 amide bonds. The summed E-state index contributed by atoms with van der Waals surface area (Å²) in [5.41, 5.74) is 3.83. The number of fused-ring (bicyclic) bond motifs is 2. The van der Waals surface area contributed by atoms with Crippen molar-refractivity contribution in [2.45, 2.75) is 6.54 Å². The largest absolute Gasteiger partial charge is 0.493 e. The molecule has 2 heterocycles. The van der Waals surface area contributed by atoms with E-state index in [0.717, 1.165) is 22.5 Å². The first-order valence-electron chi connectivity index (χ1n) is 10.6. The van der Waals surface area contributed by atoms with E-state index in [9.17, 15) is 0 Å². The Kier molecular flexibility index (Phi) is 5.44. The Balaban J connectivity index is 1.46. The molecule has 0 radical (unpaired) electrons. The molecule has 2 aromatic heterocycles. The molecule has 7 nitrogen and oxygen atoms in total. The molecule has 0 bridgehead atoms. The van der Waals surface area contributed by atoms with Gasteiger partial charge in [-0.05, 0) is 34.5 Å². The second-order valence-corrected chi connectivity index (χ2v) is 7.56. The number of anilines is 1. The molecule has 5 aromatic rings. The van der Waals surface area contributed by atoms with Gasteiger partial charge in [0, 0.05) is 24.5 Å². The lowest BCUT2D eigenvalue weighted by Crippen LogP contribution is -2.05. The number of nitrogens with one attached hydrogen (secondary N) is 1. The van der Waals surface area contributed by atoms with Crippen LogP contribution in [-0.4, -0.2) is 35.7 Å². The zero-order valence-electron chi connectivity index (χ0n) is 18.7. The Labute approximate surface area is 191 Å². The molecular weight excluding hydrogens is 416 g/mol. The van der Waals surface area contributed by atoms with Gasteiger partial charge in [0.05, 0.1) is 33.2 Å². The van der Waals surface area contributed by atoms with Crippen molar-refractivity contribution < 1.29 is 14.2 Å². The number of imidazole rings is 1. The third-order valence-electron chi connectivity index (χ3n) is 5.66. The number of methoxy groups -OCH3 is 3. The number of rotatable bonds is 7. The van der Waals surface area contributed by atoms with Gasteiger partial charge < -0.3 is 19.5 Å². The highest BCUT2D eigenvalue weighted by Gasteiger charge is 2.14. The molecule has 1 N–H and O–H groups in total. The summed E-state index contributed by atoms with van der Waals surface area (Å²) in [6, 6.07) is 18.6. The van der Waals surface area contributed by atoms with Gasteiger partial charge in [-0.15, -0.1) is 0 Å². The van der Waals surface area contributed by atoms with E-state index < -0.39 is 0 Å². The second-order valence-electron chi connectivity index (χ2n) is 7.56. The normalized spacial score (nSPS) is 11.0. The molecule has 0 aliphatic carbocycles. The van der Waals surface area contributed by atoms with Crippen LogP contribution in [0.5, 0.6) is 17.2 Å². The van der Waals surface area contributed by atoms with Crippen LogP contribution in [0.25, 0.3) is 27.7 Å². The fourth-order valence-corrected chi connectivity index (χ4v) is 4.03. The fraction of sp³-hybridized carbons (Fsp3) is 0.154. The molecule has 5 rings (SSSR count). The molecule has 166 valence electrons. The van der Waals surface area contributed by atoms with Crippen LogP contribution in [0.2, 0.25) is 0 Å². The van der Waals surface area contributed by atoms with Crippen LogP contribution in [0.15, 0.2) is 73.2 Å². The Morgan fingerprint density at radius 3 is 2.33 bits per heavy atom. The Morgan fingerprint density at radius 1 is 0.848 bits per heavy atom. The van der Waals surface area contributed by atoms with Crippen molar-refractivity contribution in [3.05, 3.63) is 78.8 Å². The van der Waals surface area contributed by atoms with Crippen LogP contribution in [-0.2, 0) is 6.54 Å². The molecule has 0 unspecified atom stereocenters. The lowest BCUT2D eigenvalue weighted by Gasteiger charge is -2.14. The lowest BCUT2D eigenvalue weighted by molar-refractivity contribution is 0.324. The summed E-state index contributed by atoms with van der Waals surface area (Å²) in [5, 5.41) is 5.80. The Hall–Kier alpha value is -4.26. The van der Waals surface area contributed by atoms with Gasteiger partial charge >= 0.3 is 0 Å². The van der Waals surface area contributed by atoms with Crippen molar-refractivity contribution in [1.29, 1.82) is 0 Å². The van der Waals surface area contributed by atoms with Gasteiger partial charge in [-0.2, -0.15) is 0 Å².